The Morgan fingerprint density at radius 3 is 2.88 bits per heavy atom. The molecule has 1 aromatic heterocycles. The maximum atomic E-state index is 12.6. The van der Waals surface area contributed by atoms with Crippen LogP contribution in [0.4, 0.5) is 25.3 Å². The maximum absolute atomic E-state index is 12.6. The number of anilines is 2. The van der Waals surface area contributed by atoms with Gasteiger partial charge in [0.1, 0.15) is 18.0 Å². The molecule has 0 aliphatic carbocycles. The van der Waals surface area contributed by atoms with Crippen molar-refractivity contribution < 1.29 is 32.8 Å². The Hall–Kier alpha value is -4.13. The van der Waals surface area contributed by atoms with Crippen molar-refractivity contribution >= 4 is 39.7 Å². The van der Waals surface area contributed by atoms with Gasteiger partial charge >= 0.3 is 6.61 Å². The van der Waals surface area contributed by atoms with Crippen molar-refractivity contribution in [1.82, 2.24) is 4.98 Å². The lowest BCUT2D eigenvalue weighted by Crippen LogP contribution is -2.43. The second-order valence-electron chi connectivity index (χ2n) is 6.64. The van der Waals surface area contributed by atoms with Gasteiger partial charge in [0.05, 0.1) is 16.3 Å². The summed E-state index contributed by atoms with van der Waals surface area (Å²) in [6.07, 6.45) is 0. The van der Waals surface area contributed by atoms with Crippen molar-refractivity contribution in [2.45, 2.75) is 6.61 Å². The van der Waals surface area contributed by atoms with E-state index in [2.05, 4.69) is 15.0 Å². The van der Waals surface area contributed by atoms with Gasteiger partial charge in [0.15, 0.2) is 11.7 Å². The van der Waals surface area contributed by atoms with E-state index in [-0.39, 0.29) is 34.6 Å². The highest BCUT2D eigenvalue weighted by Crippen LogP contribution is 2.36. The second-order valence-corrected chi connectivity index (χ2v) is 7.50. The number of fused-ring (bicyclic) bond motifs is 1. The lowest BCUT2D eigenvalue weighted by molar-refractivity contribution is -0.384. The highest BCUT2D eigenvalue weighted by Gasteiger charge is 2.29. The molecule has 1 aliphatic rings. The maximum Gasteiger partial charge on any atom is 0.387 e. The molecule has 0 spiro atoms. The molecule has 3 aromatic rings. The van der Waals surface area contributed by atoms with Crippen LogP contribution in [0.25, 0.3) is 11.3 Å². The van der Waals surface area contributed by atoms with Gasteiger partial charge in [-0.3, -0.25) is 24.6 Å². The van der Waals surface area contributed by atoms with Crippen molar-refractivity contribution in [3.63, 3.8) is 0 Å². The number of nitro benzene ring substituents is 1. The quantitative estimate of drug-likeness (QED) is 0.407. The monoisotopic (exact) mass is 476 g/mol. The number of carbonyl (C=O) groups excluding carboxylic acids is 2. The van der Waals surface area contributed by atoms with Crippen LogP contribution in [0.15, 0.2) is 47.8 Å². The summed E-state index contributed by atoms with van der Waals surface area (Å²) in [7, 11) is 0. The molecule has 4 rings (SSSR count). The minimum Gasteiger partial charge on any atom is -0.482 e. The van der Waals surface area contributed by atoms with E-state index >= 15 is 0 Å². The largest absolute Gasteiger partial charge is 0.482 e. The zero-order valence-electron chi connectivity index (χ0n) is 16.6. The number of nitrogens with one attached hydrogen (secondary N) is 1. The van der Waals surface area contributed by atoms with Gasteiger partial charge in [-0.15, -0.1) is 11.3 Å². The molecule has 2 heterocycles. The number of amides is 2. The summed E-state index contributed by atoms with van der Waals surface area (Å²) < 4.78 is 35.1. The van der Waals surface area contributed by atoms with Crippen LogP contribution in [-0.2, 0) is 9.59 Å². The summed E-state index contributed by atoms with van der Waals surface area (Å²) in [6, 6.07) is 9.84. The van der Waals surface area contributed by atoms with E-state index in [1.807, 2.05) is 0 Å². The van der Waals surface area contributed by atoms with Crippen LogP contribution in [0.1, 0.15) is 0 Å². The fourth-order valence-corrected chi connectivity index (χ4v) is 3.84. The number of alkyl halides is 2. The number of carbonyl (C=O) groups is 2. The van der Waals surface area contributed by atoms with Crippen molar-refractivity contribution in [2.75, 3.05) is 23.4 Å². The van der Waals surface area contributed by atoms with E-state index in [0.717, 1.165) is 22.3 Å². The number of ether oxygens (including phenoxy) is 2. The number of benzene rings is 2. The third-order valence-corrected chi connectivity index (χ3v) is 5.29. The highest BCUT2D eigenvalue weighted by molar-refractivity contribution is 7.14. The molecule has 0 atom stereocenters. The predicted molar refractivity (Wildman–Crippen MR) is 114 cm³/mol. The Balaban J connectivity index is 1.50. The summed E-state index contributed by atoms with van der Waals surface area (Å²) in [6.45, 7) is -3.76. The van der Waals surface area contributed by atoms with Gasteiger partial charge in [-0.25, -0.2) is 4.98 Å². The van der Waals surface area contributed by atoms with Crippen LogP contribution in [-0.4, -0.2) is 41.5 Å². The first-order valence-corrected chi connectivity index (χ1v) is 10.2. The number of aromatic nitrogens is 1. The third-order valence-electron chi connectivity index (χ3n) is 4.53. The Morgan fingerprint density at radius 1 is 1.33 bits per heavy atom. The summed E-state index contributed by atoms with van der Waals surface area (Å²) >= 11 is 1.05. The number of hydrogen-bond donors (Lipinski definition) is 1. The van der Waals surface area contributed by atoms with E-state index in [1.54, 1.807) is 17.5 Å². The Kier molecular flexibility index (Phi) is 6.13. The van der Waals surface area contributed by atoms with E-state index in [1.165, 1.54) is 24.3 Å². The molecule has 13 heteroatoms. The van der Waals surface area contributed by atoms with Crippen molar-refractivity contribution in [2.24, 2.45) is 0 Å². The smallest absolute Gasteiger partial charge is 0.387 e. The summed E-state index contributed by atoms with van der Waals surface area (Å²) in [4.78, 5) is 40.6. The van der Waals surface area contributed by atoms with Crippen molar-refractivity contribution in [3.05, 3.63) is 58.0 Å². The van der Waals surface area contributed by atoms with Crippen LogP contribution in [0.3, 0.4) is 0 Å². The first-order valence-electron chi connectivity index (χ1n) is 9.33. The van der Waals surface area contributed by atoms with Gasteiger partial charge in [-0.2, -0.15) is 8.78 Å². The van der Waals surface area contributed by atoms with Crippen LogP contribution in [0.5, 0.6) is 11.5 Å². The Morgan fingerprint density at radius 2 is 2.12 bits per heavy atom. The van der Waals surface area contributed by atoms with Crippen LogP contribution >= 0.6 is 11.3 Å². The number of nitro groups is 1. The fourth-order valence-electron chi connectivity index (χ4n) is 3.11. The molecular formula is C20H14F2N4O6S. The lowest BCUT2D eigenvalue weighted by Gasteiger charge is -2.28. The van der Waals surface area contributed by atoms with Crippen molar-refractivity contribution in [1.29, 1.82) is 0 Å². The molecule has 2 aromatic carbocycles. The number of nitrogens with zero attached hydrogens (tertiary/aromatic N) is 3. The first kappa shape index (κ1) is 22.1. The summed E-state index contributed by atoms with van der Waals surface area (Å²) in [5.74, 6) is -0.982. The standard InChI is InChI=1S/C20H14F2N4O6S/c21-19(22)32-15-4-2-1-3-12(15)13-10-33-20(23-13)24-17(27)8-25-14-7-11(26(29)30)5-6-16(14)31-9-18(25)28/h1-7,10,19H,8-9H2,(H,23,24,27). The molecule has 1 aliphatic heterocycles. The minimum absolute atomic E-state index is 0.0622. The van der Waals surface area contributed by atoms with Gasteiger partial charge < -0.3 is 14.8 Å². The first-order chi connectivity index (χ1) is 15.8. The van der Waals surface area contributed by atoms with Crippen LogP contribution in [0, 0.1) is 10.1 Å². The molecule has 0 saturated carbocycles. The number of non-ortho nitro benzene ring substituents is 1. The molecule has 2 amide bonds. The van der Waals surface area contributed by atoms with E-state index in [4.69, 9.17) is 4.74 Å². The van der Waals surface area contributed by atoms with Crippen LogP contribution in [0.2, 0.25) is 0 Å². The normalized spacial score (nSPS) is 12.8. The summed E-state index contributed by atoms with van der Waals surface area (Å²) in [5, 5.41) is 15.3. The lowest BCUT2D eigenvalue weighted by atomic mass is 10.1. The highest BCUT2D eigenvalue weighted by atomic mass is 32.1. The molecule has 10 nitrogen and oxygen atoms in total. The van der Waals surface area contributed by atoms with E-state index < -0.39 is 29.9 Å². The third kappa shape index (κ3) is 4.87. The average molecular weight is 476 g/mol. The van der Waals surface area contributed by atoms with Gasteiger partial charge in [-0.1, -0.05) is 12.1 Å². The van der Waals surface area contributed by atoms with Crippen LogP contribution < -0.4 is 19.7 Å². The number of thiazole rings is 1. The molecule has 0 fully saturated rings. The molecule has 33 heavy (non-hydrogen) atoms. The number of para-hydroxylation sites is 1. The van der Waals surface area contributed by atoms with Gasteiger partial charge in [-0.05, 0) is 18.2 Å². The fraction of sp³-hybridized carbons (Fsp3) is 0.150. The molecule has 170 valence electrons. The molecular weight excluding hydrogens is 462 g/mol. The zero-order valence-corrected chi connectivity index (χ0v) is 17.4. The Bertz CT molecular complexity index is 1230. The SMILES string of the molecule is O=C(CN1C(=O)COc2ccc([N+](=O)[O-])cc21)Nc1nc(-c2ccccc2OC(F)F)cs1. The predicted octanol–water partition coefficient (Wildman–Crippen LogP) is 3.68. The minimum atomic E-state index is -3.01. The molecule has 0 bridgehead atoms. The van der Waals surface area contributed by atoms with Gasteiger partial charge in [0.25, 0.3) is 11.6 Å². The average Bonchev–Trinajstić information content (AvgIpc) is 3.23. The zero-order chi connectivity index (χ0) is 23.5. The second kappa shape index (κ2) is 9.16. The number of halogens is 2. The number of rotatable bonds is 7. The Labute approximate surface area is 188 Å². The molecule has 0 unspecified atom stereocenters. The molecule has 0 saturated heterocycles. The number of hydrogen-bond acceptors (Lipinski definition) is 8. The van der Waals surface area contributed by atoms with Crippen molar-refractivity contribution in [3.8, 4) is 22.8 Å². The topological polar surface area (TPSA) is 124 Å². The van der Waals surface area contributed by atoms with E-state index in [0.29, 0.717) is 11.3 Å². The molecule has 1 N–H and O–H groups in total. The van der Waals surface area contributed by atoms with Gasteiger partial charge in [0.2, 0.25) is 5.91 Å². The van der Waals surface area contributed by atoms with Gasteiger partial charge in [0, 0.05) is 23.1 Å². The van der Waals surface area contributed by atoms with E-state index in [9.17, 15) is 28.5 Å². The summed E-state index contributed by atoms with van der Waals surface area (Å²) in [5.41, 5.74) is 0.481. The molecule has 0 radical (unpaired) electrons.